The highest BCUT2D eigenvalue weighted by Gasteiger charge is 2.20. The molecule has 1 unspecified atom stereocenters. The highest BCUT2D eigenvalue weighted by Crippen LogP contribution is 2.30. The van der Waals surface area contributed by atoms with Crippen LogP contribution in [0, 0.1) is 5.92 Å². The highest BCUT2D eigenvalue weighted by molar-refractivity contribution is 5.30. The van der Waals surface area contributed by atoms with E-state index in [-0.39, 0.29) is 0 Å². The summed E-state index contributed by atoms with van der Waals surface area (Å²) in [7, 11) is 1.72. The van der Waals surface area contributed by atoms with Gasteiger partial charge < -0.3 is 10.1 Å². The van der Waals surface area contributed by atoms with Crippen molar-refractivity contribution < 1.29 is 4.74 Å². The molecule has 0 aromatic heterocycles. The molecule has 0 fully saturated rings. The Hall–Kier alpha value is -1.02. The van der Waals surface area contributed by atoms with Gasteiger partial charge in [-0.3, -0.25) is 0 Å². The van der Waals surface area contributed by atoms with Crippen LogP contribution >= 0.6 is 0 Å². The van der Waals surface area contributed by atoms with E-state index in [1.165, 1.54) is 18.4 Å². The van der Waals surface area contributed by atoms with Gasteiger partial charge in [0.1, 0.15) is 5.75 Å². The lowest BCUT2D eigenvalue weighted by Gasteiger charge is -2.27. The zero-order chi connectivity index (χ0) is 14.3. The van der Waals surface area contributed by atoms with Gasteiger partial charge in [0.15, 0.2) is 0 Å². The molecule has 1 rings (SSSR count). The molecule has 19 heavy (non-hydrogen) atoms. The number of ether oxygens (including phenoxy) is 1. The summed E-state index contributed by atoms with van der Waals surface area (Å²) in [5.41, 5.74) is 1.42. The number of hydrogen-bond donors (Lipinski definition) is 1. The Morgan fingerprint density at radius 3 is 2.05 bits per heavy atom. The van der Waals surface area contributed by atoms with E-state index in [2.05, 4.69) is 57.3 Å². The van der Waals surface area contributed by atoms with Gasteiger partial charge in [-0.25, -0.2) is 0 Å². The van der Waals surface area contributed by atoms with Crippen molar-refractivity contribution in [1.29, 1.82) is 0 Å². The second-order valence-electron chi connectivity index (χ2n) is 5.52. The number of benzene rings is 1. The fourth-order valence-corrected chi connectivity index (χ4v) is 2.63. The van der Waals surface area contributed by atoms with Gasteiger partial charge in [-0.05, 0) is 29.5 Å². The predicted octanol–water partition coefficient (Wildman–Crippen LogP) is 4.21. The minimum Gasteiger partial charge on any atom is -0.497 e. The molecule has 0 radical (unpaired) electrons. The first-order valence-corrected chi connectivity index (χ1v) is 7.49. The molecule has 0 spiro atoms. The second-order valence-corrected chi connectivity index (χ2v) is 5.52. The predicted molar refractivity (Wildman–Crippen MR) is 82.9 cm³/mol. The molecule has 0 saturated heterocycles. The summed E-state index contributed by atoms with van der Waals surface area (Å²) in [5, 5.41) is 3.59. The first kappa shape index (κ1) is 16.0. The van der Waals surface area contributed by atoms with Crippen LogP contribution in [0.5, 0.6) is 5.75 Å². The quantitative estimate of drug-likeness (QED) is 0.758. The molecule has 1 aromatic rings. The Morgan fingerprint density at radius 1 is 1.05 bits per heavy atom. The standard InChI is InChI=1S/C17H29NO/c1-6-14(7-2)17(12-18-13(3)4)15-8-10-16(19-5)11-9-15/h8-11,13-14,17-18H,6-7,12H2,1-5H3. The number of methoxy groups -OCH3 is 1. The van der Waals surface area contributed by atoms with Gasteiger partial charge in [0.2, 0.25) is 0 Å². The van der Waals surface area contributed by atoms with Gasteiger partial charge in [-0.2, -0.15) is 0 Å². The van der Waals surface area contributed by atoms with E-state index in [0.717, 1.165) is 18.2 Å². The third kappa shape index (κ3) is 4.87. The normalized spacial score (nSPS) is 13.0. The fourth-order valence-electron chi connectivity index (χ4n) is 2.63. The average Bonchev–Trinajstić information content (AvgIpc) is 2.43. The Morgan fingerprint density at radius 2 is 1.63 bits per heavy atom. The molecule has 0 amide bonds. The lowest BCUT2D eigenvalue weighted by molar-refractivity contribution is 0.369. The van der Waals surface area contributed by atoms with Gasteiger partial charge in [0, 0.05) is 12.6 Å². The third-order valence-corrected chi connectivity index (χ3v) is 3.91. The lowest BCUT2D eigenvalue weighted by Crippen LogP contribution is -2.31. The monoisotopic (exact) mass is 263 g/mol. The highest BCUT2D eigenvalue weighted by atomic mass is 16.5. The Kier molecular flexibility index (Phi) is 6.93. The van der Waals surface area contributed by atoms with Gasteiger partial charge in [-0.15, -0.1) is 0 Å². The van der Waals surface area contributed by atoms with E-state index in [9.17, 15) is 0 Å². The average molecular weight is 263 g/mol. The SMILES string of the molecule is CCC(CC)C(CNC(C)C)c1ccc(OC)cc1. The molecule has 108 valence electrons. The first-order valence-electron chi connectivity index (χ1n) is 7.49. The Balaban J connectivity index is 2.86. The summed E-state index contributed by atoms with van der Waals surface area (Å²) in [6.07, 6.45) is 2.46. The summed E-state index contributed by atoms with van der Waals surface area (Å²) in [4.78, 5) is 0. The zero-order valence-electron chi connectivity index (χ0n) is 13.1. The Bertz CT molecular complexity index is 341. The first-order chi connectivity index (χ1) is 9.12. The van der Waals surface area contributed by atoms with E-state index in [1.54, 1.807) is 7.11 Å². The van der Waals surface area contributed by atoms with Crippen molar-refractivity contribution in [2.45, 2.75) is 52.5 Å². The lowest BCUT2D eigenvalue weighted by atomic mass is 9.82. The summed E-state index contributed by atoms with van der Waals surface area (Å²) >= 11 is 0. The topological polar surface area (TPSA) is 21.3 Å². The molecule has 0 aliphatic heterocycles. The molecule has 1 aromatic carbocycles. The van der Waals surface area contributed by atoms with Crippen molar-refractivity contribution in [1.82, 2.24) is 5.32 Å². The molecule has 0 bridgehead atoms. The van der Waals surface area contributed by atoms with Crippen molar-refractivity contribution >= 4 is 0 Å². The molecule has 0 aliphatic rings. The van der Waals surface area contributed by atoms with Gasteiger partial charge in [0.25, 0.3) is 0 Å². The van der Waals surface area contributed by atoms with Crippen molar-refractivity contribution in [3.63, 3.8) is 0 Å². The van der Waals surface area contributed by atoms with Crippen LogP contribution in [0.3, 0.4) is 0 Å². The largest absolute Gasteiger partial charge is 0.497 e. The number of nitrogens with one attached hydrogen (secondary N) is 1. The van der Waals surface area contributed by atoms with Crippen molar-refractivity contribution in [3.05, 3.63) is 29.8 Å². The number of hydrogen-bond acceptors (Lipinski definition) is 2. The minimum absolute atomic E-state index is 0.537. The van der Waals surface area contributed by atoms with Gasteiger partial charge >= 0.3 is 0 Å². The summed E-state index contributed by atoms with van der Waals surface area (Å²) < 4.78 is 5.24. The van der Waals surface area contributed by atoms with Crippen molar-refractivity contribution in [3.8, 4) is 5.75 Å². The summed E-state index contributed by atoms with van der Waals surface area (Å²) in [6, 6.07) is 9.10. The molecule has 2 nitrogen and oxygen atoms in total. The van der Waals surface area contributed by atoms with Crippen molar-refractivity contribution in [2.24, 2.45) is 5.92 Å². The third-order valence-electron chi connectivity index (χ3n) is 3.91. The summed E-state index contributed by atoms with van der Waals surface area (Å²) in [6.45, 7) is 10.0. The van der Waals surface area contributed by atoms with E-state index in [0.29, 0.717) is 12.0 Å². The second kappa shape index (κ2) is 8.21. The molecular formula is C17H29NO. The van der Waals surface area contributed by atoms with Gasteiger partial charge in [-0.1, -0.05) is 52.7 Å². The van der Waals surface area contributed by atoms with Crippen LogP contribution in [-0.4, -0.2) is 19.7 Å². The molecule has 0 saturated carbocycles. The van der Waals surface area contributed by atoms with E-state index >= 15 is 0 Å². The molecule has 0 aliphatic carbocycles. The van der Waals surface area contributed by atoms with Gasteiger partial charge in [0.05, 0.1) is 7.11 Å². The van der Waals surface area contributed by atoms with E-state index in [4.69, 9.17) is 4.74 Å². The van der Waals surface area contributed by atoms with Crippen molar-refractivity contribution in [2.75, 3.05) is 13.7 Å². The maximum Gasteiger partial charge on any atom is 0.118 e. The maximum atomic E-state index is 5.24. The van der Waals surface area contributed by atoms with E-state index in [1.807, 2.05) is 0 Å². The molecule has 0 heterocycles. The summed E-state index contributed by atoms with van der Waals surface area (Å²) in [5.74, 6) is 2.26. The maximum absolute atomic E-state index is 5.24. The molecule has 2 heteroatoms. The minimum atomic E-state index is 0.537. The van der Waals surface area contributed by atoms with Crippen LogP contribution in [0.25, 0.3) is 0 Å². The van der Waals surface area contributed by atoms with Crippen LogP contribution in [-0.2, 0) is 0 Å². The number of rotatable bonds is 8. The van der Waals surface area contributed by atoms with Crippen LogP contribution in [0.4, 0.5) is 0 Å². The molecule has 1 atom stereocenters. The van der Waals surface area contributed by atoms with Crippen LogP contribution in [0.1, 0.15) is 52.0 Å². The Labute approximate surface area is 118 Å². The fraction of sp³-hybridized carbons (Fsp3) is 0.647. The van der Waals surface area contributed by atoms with Crippen LogP contribution < -0.4 is 10.1 Å². The zero-order valence-corrected chi connectivity index (χ0v) is 13.1. The smallest absolute Gasteiger partial charge is 0.118 e. The molecule has 1 N–H and O–H groups in total. The molecular weight excluding hydrogens is 234 g/mol. The van der Waals surface area contributed by atoms with Crippen LogP contribution in [0.15, 0.2) is 24.3 Å². The van der Waals surface area contributed by atoms with Crippen LogP contribution in [0.2, 0.25) is 0 Å². The van der Waals surface area contributed by atoms with E-state index < -0.39 is 0 Å².